The average molecular weight is 414 g/mol. The van der Waals surface area contributed by atoms with Gasteiger partial charge in [-0.2, -0.15) is 0 Å². The number of carbonyl (C=O) groups excluding carboxylic acids is 1. The molecule has 0 aliphatic heterocycles. The Morgan fingerprint density at radius 2 is 1.81 bits per heavy atom. The number of sulfonamides is 1. The van der Waals surface area contributed by atoms with Crippen LogP contribution in [-0.4, -0.2) is 38.9 Å². The summed E-state index contributed by atoms with van der Waals surface area (Å²) >= 11 is 1.55. The topological polar surface area (TPSA) is 66.5 Å². The van der Waals surface area contributed by atoms with Crippen LogP contribution in [-0.2, 0) is 14.8 Å². The SMILES string of the molecule is CC(C(=O)NCCSc1ccccc1)N(c1ccc(F)c(F)c1)S(C)(=O)=O. The first kappa shape index (κ1) is 21.2. The predicted molar refractivity (Wildman–Crippen MR) is 103 cm³/mol. The minimum atomic E-state index is -3.89. The summed E-state index contributed by atoms with van der Waals surface area (Å²) in [7, 11) is -3.89. The van der Waals surface area contributed by atoms with Gasteiger partial charge in [0.15, 0.2) is 11.6 Å². The Morgan fingerprint density at radius 1 is 1.15 bits per heavy atom. The van der Waals surface area contributed by atoms with Crippen LogP contribution in [0.15, 0.2) is 53.4 Å². The van der Waals surface area contributed by atoms with E-state index >= 15 is 0 Å². The van der Waals surface area contributed by atoms with Crippen LogP contribution in [0.2, 0.25) is 0 Å². The Bertz CT molecular complexity index is 893. The fourth-order valence-electron chi connectivity index (χ4n) is 2.44. The number of thioether (sulfide) groups is 1. The van der Waals surface area contributed by atoms with Crippen molar-refractivity contribution >= 4 is 33.4 Å². The van der Waals surface area contributed by atoms with Gasteiger partial charge in [-0.1, -0.05) is 18.2 Å². The van der Waals surface area contributed by atoms with Crippen LogP contribution >= 0.6 is 11.8 Å². The van der Waals surface area contributed by atoms with Gasteiger partial charge in [0.1, 0.15) is 6.04 Å². The summed E-state index contributed by atoms with van der Waals surface area (Å²) in [6.45, 7) is 1.72. The van der Waals surface area contributed by atoms with Crippen molar-refractivity contribution in [1.82, 2.24) is 5.32 Å². The zero-order chi connectivity index (χ0) is 20.0. The maximum atomic E-state index is 13.5. The fraction of sp³-hybridized carbons (Fsp3) is 0.278. The molecule has 0 fully saturated rings. The van der Waals surface area contributed by atoms with E-state index in [1.54, 1.807) is 11.8 Å². The maximum absolute atomic E-state index is 13.5. The van der Waals surface area contributed by atoms with Gasteiger partial charge in [-0.05, 0) is 31.2 Å². The summed E-state index contributed by atoms with van der Waals surface area (Å²) in [5, 5.41) is 2.67. The maximum Gasteiger partial charge on any atom is 0.243 e. The number of carbonyl (C=O) groups is 1. The zero-order valence-electron chi connectivity index (χ0n) is 14.9. The van der Waals surface area contributed by atoms with Gasteiger partial charge in [-0.15, -0.1) is 11.8 Å². The lowest BCUT2D eigenvalue weighted by Gasteiger charge is -2.28. The van der Waals surface area contributed by atoms with E-state index in [1.165, 1.54) is 6.92 Å². The molecule has 5 nitrogen and oxygen atoms in total. The van der Waals surface area contributed by atoms with Gasteiger partial charge < -0.3 is 5.32 Å². The molecule has 2 aromatic rings. The van der Waals surface area contributed by atoms with Gasteiger partial charge in [0.25, 0.3) is 0 Å². The highest BCUT2D eigenvalue weighted by molar-refractivity contribution is 7.99. The highest BCUT2D eigenvalue weighted by Gasteiger charge is 2.29. The smallest absolute Gasteiger partial charge is 0.243 e. The molecule has 1 amide bonds. The first-order valence-corrected chi connectivity index (χ1v) is 10.9. The van der Waals surface area contributed by atoms with Gasteiger partial charge in [0.2, 0.25) is 15.9 Å². The van der Waals surface area contributed by atoms with Crippen molar-refractivity contribution in [3.63, 3.8) is 0 Å². The van der Waals surface area contributed by atoms with Crippen LogP contribution in [0.3, 0.4) is 0 Å². The van der Waals surface area contributed by atoms with Gasteiger partial charge in [-0.3, -0.25) is 9.10 Å². The molecular weight excluding hydrogens is 394 g/mol. The number of nitrogens with one attached hydrogen (secondary N) is 1. The number of benzene rings is 2. The predicted octanol–water partition coefficient (Wildman–Crippen LogP) is 3.03. The lowest BCUT2D eigenvalue weighted by Crippen LogP contribution is -2.48. The molecule has 0 spiro atoms. The summed E-state index contributed by atoms with van der Waals surface area (Å²) in [5.41, 5.74) is -0.113. The van der Waals surface area contributed by atoms with Crippen molar-refractivity contribution < 1.29 is 22.0 Å². The molecule has 1 atom stereocenters. The molecule has 0 heterocycles. The summed E-state index contributed by atoms with van der Waals surface area (Å²) in [6, 6.07) is 11.2. The van der Waals surface area contributed by atoms with E-state index in [4.69, 9.17) is 0 Å². The number of anilines is 1. The number of rotatable bonds is 8. The van der Waals surface area contributed by atoms with E-state index in [9.17, 15) is 22.0 Å². The van der Waals surface area contributed by atoms with Crippen molar-refractivity contribution in [2.45, 2.75) is 17.9 Å². The van der Waals surface area contributed by atoms with Crippen LogP contribution in [0, 0.1) is 11.6 Å². The molecule has 0 radical (unpaired) electrons. The molecule has 27 heavy (non-hydrogen) atoms. The summed E-state index contributed by atoms with van der Waals surface area (Å²) < 4.78 is 51.6. The third-order valence-electron chi connectivity index (χ3n) is 3.66. The molecule has 0 aliphatic rings. The lowest BCUT2D eigenvalue weighted by atomic mass is 10.2. The van der Waals surface area contributed by atoms with Crippen molar-refractivity contribution in [1.29, 1.82) is 0 Å². The summed E-state index contributed by atoms with van der Waals surface area (Å²) in [6.07, 6.45) is 0.906. The molecule has 0 saturated heterocycles. The number of hydrogen-bond donors (Lipinski definition) is 1. The minimum absolute atomic E-state index is 0.113. The molecule has 2 aromatic carbocycles. The van der Waals surface area contributed by atoms with Gasteiger partial charge >= 0.3 is 0 Å². The highest BCUT2D eigenvalue weighted by Crippen LogP contribution is 2.23. The minimum Gasteiger partial charge on any atom is -0.353 e. The molecular formula is C18H20F2N2O3S2. The highest BCUT2D eigenvalue weighted by atomic mass is 32.2. The fourth-order valence-corrected chi connectivity index (χ4v) is 4.39. The van der Waals surface area contributed by atoms with Crippen LogP contribution in [0.25, 0.3) is 0 Å². The van der Waals surface area contributed by atoms with E-state index in [0.29, 0.717) is 12.3 Å². The standard InChI is InChI=1S/C18H20F2N2O3S2/c1-13(18(23)21-10-11-26-15-6-4-3-5-7-15)22(27(2,24)25)14-8-9-16(19)17(20)12-14/h3-9,12-13H,10-11H2,1-2H3,(H,21,23). The van der Waals surface area contributed by atoms with Crippen LogP contribution < -0.4 is 9.62 Å². The zero-order valence-corrected chi connectivity index (χ0v) is 16.5. The molecule has 9 heteroatoms. The third kappa shape index (κ3) is 5.93. The summed E-state index contributed by atoms with van der Waals surface area (Å²) in [5.74, 6) is -2.21. The van der Waals surface area contributed by atoms with E-state index in [-0.39, 0.29) is 5.69 Å². The molecule has 146 valence electrons. The van der Waals surface area contributed by atoms with Crippen LogP contribution in [0.4, 0.5) is 14.5 Å². The first-order chi connectivity index (χ1) is 12.7. The summed E-state index contributed by atoms with van der Waals surface area (Å²) in [4.78, 5) is 13.4. The number of halogens is 2. The monoisotopic (exact) mass is 414 g/mol. The Morgan fingerprint density at radius 3 is 2.41 bits per heavy atom. The quantitative estimate of drug-likeness (QED) is 0.533. The first-order valence-electron chi connectivity index (χ1n) is 8.10. The van der Waals surface area contributed by atoms with Crippen LogP contribution in [0.1, 0.15) is 6.92 Å². The van der Waals surface area contributed by atoms with Crippen LogP contribution in [0.5, 0.6) is 0 Å². The molecule has 1 N–H and O–H groups in total. The normalized spacial score (nSPS) is 12.4. The van der Waals surface area contributed by atoms with Gasteiger partial charge in [0, 0.05) is 23.3 Å². The Kier molecular flexibility index (Phi) is 7.20. The largest absolute Gasteiger partial charge is 0.353 e. The van der Waals surface area contributed by atoms with Crippen molar-refractivity contribution in [2.24, 2.45) is 0 Å². The second kappa shape index (κ2) is 9.18. The van der Waals surface area contributed by atoms with Crippen molar-refractivity contribution in [3.05, 3.63) is 60.2 Å². The number of amides is 1. The molecule has 0 bridgehead atoms. The molecule has 0 aromatic heterocycles. The molecule has 2 rings (SSSR count). The molecule has 0 aliphatic carbocycles. The Hall–Kier alpha value is -2.13. The van der Waals surface area contributed by atoms with Gasteiger partial charge in [0.05, 0.1) is 11.9 Å². The lowest BCUT2D eigenvalue weighted by molar-refractivity contribution is -0.121. The second-order valence-electron chi connectivity index (χ2n) is 5.79. The molecule has 0 saturated carbocycles. The Labute approximate surface area is 161 Å². The van der Waals surface area contributed by atoms with Crippen molar-refractivity contribution in [3.8, 4) is 0 Å². The van der Waals surface area contributed by atoms with Crippen molar-refractivity contribution in [2.75, 3.05) is 22.9 Å². The number of nitrogens with zero attached hydrogens (tertiary/aromatic N) is 1. The third-order valence-corrected chi connectivity index (χ3v) is 5.91. The number of hydrogen-bond acceptors (Lipinski definition) is 4. The van der Waals surface area contributed by atoms with E-state index in [2.05, 4.69) is 5.32 Å². The van der Waals surface area contributed by atoms with E-state index in [1.807, 2.05) is 30.3 Å². The van der Waals surface area contributed by atoms with Gasteiger partial charge in [-0.25, -0.2) is 17.2 Å². The van der Waals surface area contributed by atoms with E-state index in [0.717, 1.165) is 33.7 Å². The van der Waals surface area contributed by atoms with E-state index < -0.39 is 33.6 Å². The average Bonchev–Trinajstić information content (AvgIpc) is 2.61. The Balaban J connectivity index is 2.03. The second-order valence-corrected chi connectivity index (χ2v) is 8.81. The molecule has 1 unspecified atom stereocenters.